The van der Waals surface area contributed by atoms with Crippen LogP contribution in [0.25, 0.3) is 0 Å². The molecule has 4 fully saturated rings. The van der Waals surface area contributed by atoms with Crippen LogP contribution in [-0.2, 0) is 101 Å². The average Bonchev–Trinajstić information content (AvgIpc) is 4.08. The van der Waals surface area contributed by atoms with Crippen LogP contribution < -0.4 is 0 Å². The number of amides is 11. The van der Waals surface area contributed by atoms with Crippen LogP contribution in [-0.4, -0.2) is 175 Å². The molecular weight excluding hydrogens is 1080 g/mol. The molecule has 0 radical (unpaired) electrons. The number of rotatable bonds is 31. The Bertz CT molecular complexity index is 2110. The van der Waals surface area contributed by atoms with Gasteiger partial charge < -0.3 is 34.1 Å². The van der Waals surface area contributed by atoms with Crippen molar-refractivity contribution in [3.05, 3.63) is 23.2 Å². The first-order valence-electron chi connectivity index (χ1n) is 24.2. The van der Waals surface area contributed by atoms with E-state index in [-0.39, 0.29) is 103 Å². The molecule has 76 heavy (non-hydrogen) atoms. The van der Waals surface area contributed by atoms with Crippen molar-refractivity contribution in [2.75, 3.05) is 39.3 Å². The fourth-order valence-corrected chi connectivity index (χ4v) is 7.96. The van der Waals surface area contributed by atoms with Crippen LogP contribution in [0.3, 0.4) is 0 Å². The molecule has 412 valence electrons. The molecule has 4 saturated heterocycles. The number of carbonyl (C=O) groups is 17. The van der Waals surface area contributed by atoms with Gasteiger partial charge in [-0.15, -0.1) is 20.3 Å². The summed E-state index contributed by atoms with van der Waals surface area (Å²) >= 11 is 3.02. The molecule has 0 N–H and O–H groups in total. The van der Waals surface area contributed by atoms with E-state index in [1.165, 1.54) is 23.2 Å². The number of allylic oxidation sites excluding steroid dienone is 3. The molecule has 1 atom stereocenters. The van der Waals surface area contributed by atoms with Gasteiger partial charge in [0.1, 0.15) is 0 Å². The highest BCUT2D eigenvalue weighted by atomic mass is 79.9. The van der Waals surface area contributed by atoms with Gasteiger partial charge in [-0.1, -0.05) is 22.0 Å². The lowest BCUT2D eigenvalue weighted by Gasteiger charge is -2.30. The maximum Gasteiger partial charge on any atom is 0.334 e. The fraction of sp³-hybridized carbons (Fsp3) is 0.553. The predicted molar refractivity (Wildman–Crippen MR) is 251 cm³/mol. The van der Waals surface area contributed by atoms with E-state index >= 15 is 0 Å². The molecule has 0 aromatic heterocycles. The zero-order valence-corrected chi connectivity index (χ0v) is 43.0. The lowest BCUT2D eigenvalue weighted by molar-refractivity contribution is -0.198. The maximum atomic E-state index is 14.6. The first-order chi connectivity index (χ1) is 36.1. The standard InChI is InChI=1S/C47H56BrN7O21/c1-2-3-31(56)6-4-30(5-7-32(57)16-23-48)47(72)51(24-17-33(58)49(26-19-43(68)73-52-35(60)8-9-36(52)61)27-20-44(69)74-53-37(62)10-11-38(53)63)25-18-34(59)50(28-21-45(70)75-54-39(64)12-13-40(54)65)29-22-46(71)76-55-41(66)14-15-42(55)67/h2-3,16,23,30H,4-15,17-22,24-29H2,1H3/b3-2+,23-16+. The van der Waals surface area contributed by atoms with Crippen LogP contribution >= 0.6 is 15.9 Å². The highest BCUT2D eigenvalue weighted by Crippen LogP contribution is 2.22. The summed E-state index contributed by atoms with van der Waals surface area (Å²) in [6, 6.07) is 0. The number of imide groups is 4. The minimum Gasteiger partial charge on any atom is -0.341 e. The molecular formula is C47H56BrN7O21. The van der Waals surface area contributed by atoms with Crippen LogP contribution in [0, 0.1) is 5.92 Å². The van der Waals surface area contributed by atoms with Gasteiger partial charge in [0, 0.05) is 122 Å². The summed E-state index contributed by atoms with van der Waals surface area (Å²) in [5.41, 5.74) is 0. The molecule has 0 aromatic rings. The molecule has 1 unspecified atom stereocenters. The molecule has 0 aliphatic carbocycles. The molecule has 4 heterocycles. The summed E-state index contributed by atoms with van der Waals surface area (Å²) in [7, 11) is 0. The smallest absolute Gasteiger partial charge is 0.334 e. The van der Waals surface area contributed by atoms with Gasteiger partial charge >= 0.3 is 23.9 Å². The number of hydroxylamine groups is 8. The van der Waals surface area contributed by atoms with E-state index in [1.54, 1.807) is 6.92 Å². The Labute approximate surface area is 441 Å². The zero-order chi connectivity index (χ0) is 56.1. The third-order valence-corrected chi connectivity index (χ3v) is 12.0. The monoisotopic (exact) mass is 1130 g/mol. The van der Waals surface area contributed by atoms with Gasteiger partial charge in [-0.2, -0.15) is 0 Å². The van der Waals surface area contributed by atoms with Gasteiger partial charge in [0.15, 0.2) is 11.6 Å². The topological polar surface area (TPSA) is 350 Å². The third kappa shape index (κ3) is 18.8. The second-order valence-corrected chi connectivity index (χ2v) is 17.8. The van der Waals surface area contributed by atoms with Crippen molar-refractivity contribution in [1.29, 1.82) is 0 Å². The van der Waals surface area contributed by atoms with Crippen LogP contribution in [0.15, 0.2) is 23.2 Å². The van der Waals surface area contributed by atoms with Gasteiger partial charge in [0.05, 0.1) is 25.7 Å². The molecule has 0 bridgehead atoms. The van der Waals surface area contributed by atoms with Crippen molar-refractivity contribution < 1.29 is 101 Å². The minimum atomic E-state index is -1.13. The van der Waals surface area contributed by atoms with Gasteiger partial charge in [-0.25, -0.2) is 19.2 Å². The zero-order valence-electron chi connectivity index (χ0n) is 41.4. The van der Waals surface area contributed by atoms with Gasteiger partial charge in [-0.3, -0.25) is 62.3 Å². The van der Waals surface area contributed by atoms with E-state index < -0.39 is 178 Å². The Kier molecular flexibility index (Phi) is 23.9. The van der Waals surface area contributed by atoms with Crippen molar-refractivity contribution in [2.45, 2.75) is 122 Å². The molecule has 4 rings (SSSR count). The van der Waals surface area contributed by atoms with Crippen molar-refractivity contribution in [2.24, 2.45) is 5.92 Å². The lowest BCUT2D eigenvalue weighted by atomic mass is 9.93. The van der Waals surface area contributed by atoms with Crippen molar-refractivity contribution in [3.63, 3.8) is 0 Å². The normalized spacial score (nSPS) is 16.1. The molecule has 29 heteroatoms. The number of ketones is 2. The summed E-state index contributed by atoms with van der Waals surface area (Å²) in [4.78, 5) is 240. The van der Waals surface area contributed by atoms with Crippen LogP contribution in [0.5, 0.6) is 0 Å². The van der Waals surface area contributed by atoms with Gasteiger partial charge in [0.25, 0.3) is 47.3 Å². The number of hydrogen-bond acceptors (Lipinski definition) is 21. The molecule has 4 aliphatic heterocycles. The molecule has 28 nitrogen and oxygen atoms in total. The average molecular weight is 1130 g/mol. The first kappa shape index (κ1) is 60.7. The summed E-state index contributed by atoms with van der Waals surface area (Å²) in [5.74, 6) is -15.1. The molecule has 0 saturated carbocycles. The SMILES string of the molecule is C/C=C/C(=O)CCC(CCC(=O)/C=C/Br)C(=O)N(CCC(=O)N(CCC(=O)ON1C(=O)CCC1=O)CCC(=O)ON1C(=O)CCC1=O)CCC(=O)N(CCC(=O)ON1C(=O)CCC1=O)CCC(=O)ON1C(=O)CCC1=O. The van der Waals surface area contributed by atoms with Crippen LogP contribution in [0.1, 0.15) is 122 Å². The van der Waals surface area contributed by atoms with Gasteiger partial charge in [-0.05, 0) is 36.9 Å². The van der Waals surface area contributed by atoms with Crippen molar-refractivity contribution >= 4 is 116 Å². The van der Waals surface area contributed by atoms with E-state index in [4.69, 9.17) is 19.4 Å². The van der Waals surface area contributed by atoms with E-state index in [2.05, 4.69) is 15.9 Å². The second kappa shape index (κ2) is 29.9. The first-order valence-corrected chi connectivity index (χ1v) is 25.1. The highest BCUT2D eigenvalue weighted by molar-refractivity contribution is 9.11. The van der Waals surface area contributed by atoms with Crippen LogP contribution in [0.2, 0.25) is 0 Å². The molecule has 11 amide bonds. The minimum absolute atomic E-state index is 0.105. The van der Waals surface area contributed by atoms with E-state index in [1.807, 2.05) is 0 Å². The second-order valence-electron chi connectivity index (χ2n) is 17.3. The third-order valence-electron chi connectivity index (χ3n) is 11.8. The maximum absolute atomic E-state index is 14.6. The largest absolute Gasteiger partial charge is 0.341 e. The Morgan fingerprint density at radius 1 is 0.421 bits per heavy atom. The van der Waals surface area contributed by atoms with Crippen molar-refractivity contribution in [3.8, 4) is 0 Å². The number of nitrogens with zero attached hydrogens (tertiary/aromatic N) is 7. The highest BCUT2D eigenvalue weighted by Gasteiger charge is 2.37. The van der Waals surface area contributed by atoms with E-state index in [9.17, 15) is 81.5 Å². The van der Waals surface area contributed by atoms with Gasteiger partial charge in [0.2, 0.25) is 17.7 Å². The number of carbonyl (C=O) groups excluding carboxylic acids is 17. The Hall–Kier alpha value is -7.85. The summed E-state index contributed by atoms with van der Waals surface area (Å²) in [6.07, 6.45) is -2.11. The lowest BCUT2D eigenvalue weighted by Crippen LogP contribution is -2.44. The van der Waals surface area contributed by atoms with E-state index in [0.29, 0.717) is 0 Å². The molecule has 0 aromatic carbocycles. The summed E-state index contributed by atoms with van der Waals surface area (Å²) in [5, 5.41) is 1.12. The Balaban J connectivity index is 1.59. The van der Waals surface area contributed by atoms with Crippen molar-refractivity contribution in [1.82, 2.24) is 35.0 Å². The Morgan fingerprint density at radius 3 is 0.947 bits per heavy atom. The Morgan fingerprint density at radius 2 is 0.684 bits per heavy atom. The fourth-order valence-electron chi connectivity index (χ4n) is 7.66. The predicted octanol–water partition coefficient (Wildman–Crippen LogP) is 0.0411. The summed E-state index contributed by atoms with van der Waals surface area (Å²) in [6.45, 7) is -1.49. The molecule has 0 spiro atoms. The van der Waals surface area contributed by atoms with E-state index in [0.717, 1.165) is 14.7 Å². The number of halogens is 1. The quantitative estimate of drug-likeness (QED) is 0.0653. The molecule has 4 aliphatic rings. The number of hydrogen-bond donors (Lipinski definition) is 0. The summed E-state index contributed by atoms with van der Waals surface area (Å²) < 4.78 is 0. The van der Waals surface area contributed by atoms with Crippen LogP contribution in [0.4, 0.5) is 0 Å².